The van der Waals surface area contributed by atoms with Crippen LogP contribution in [-0.4, -0.2) is 37.2 Å². The van der Waals surface area contributed by atoms with Gasteiger partial charge in [0.15, 0.2) is 0 Å². The van der Waals surface area contributed by atoms with Crippen molar-refractivity contribution >= 4 is 0 Å². The molecule has 0 aromatic heterocycles. The van der Waals surface area contributed by atoms with E-state index in [1.165, 1.54) is 19.4 Å². The van der Waals surface area contributed by atoms with Crippen molar-refractivity contribution in [3.05, 3.63) is 0 Å². The number of rotatable bonds is 1. The van der Waals surface area contributed by atoms with Crippen LogP contribution in [-0.2, 0) is 4.74 Å². The third-order valence-corrected chi connectivity index (χ3v) is 2.81. The van der Waals surface area contributed by atoms with Crippen LogP contribution in [0.2, 0.25) is 0 Å². The van der Waals surface area contributed by atoms with Crippen LogP contribution in [0.4, 0.5) is 0 Å². The van der Waals surface area contributed by atoms with Crippen LogP contribution in [0.3, 0.4) is 0 Å². The summed E-state index contributed by atoms with van der Waals surface area (Å²) in [4.78, 5) is 2.39. The normalized spacial score (nSPS) is 49.3. The van der Waals surface area contributed by atoms with E-state index in [2.05, 4.69) is 11.9 Å². The summed E-state index contributed by atoms with van der Waals surface area (Å²) in [6, 6.07) is 0.752. The quantitative estimate of drug-likeness (QED) is 0.508. The van der Waals surface area contributed by atoms with Crippen LogP contribution in [0.5, 0.6) is 0 Å². The van der Waals surface area contributed by atoms with Crippen LogP contribution in [0.1, 0.15) is 12.8 Å². The molecule has 1 aliphatic carbocycles. The Labute approximate surface area is 55.8 Å². The molecule has 2 fully saturated rings. The van der Waals surface area contributed by atoms with Gasteiger partial charge < -0.3 is 9.64 Å². The number of likely N-dealkylation sites (N-methyl/N-ethyl adjacent to an activating group) is 1. The van der Waals surface area contributed by atoms with Gasteiger partial charge in [-0.25, -0.2) is 0 Å². The molecule has 52 valence electrons. The maximum absolute atomic E-state index is 5.40. The Balaban J connectivity index is 2.08. The van der Waals surface area contributed by atoms with Gasteiger partial charge in [-0.2, -0.15) is 0 Å². The predicted molar refractivity (Wildman–Crippen MR) is 35.4 cm³/mol. The smallest absolute Gasteiger partial charge is 0.0862 e. The monoisotopic (exact) mass is 127 g/mol. The molecule has 0 aromatic carbocycles. The van der Waals surface area contributed by atoms with Gasteiger partial charge in [0.1, 0.15) is 0 Å². The number of hydrogen-bond donors (Lipinski definition) is 0. The average Bonchev–Trinajstić information content (AvgIpc) is 2.53. The lowest BCUT2D eigenvalue weighted by Crippen LogP contribution is -2.18. The molecule has 0 radical (unpaired) electrons. The van der Waals surface area contributed by atoms with E-state index in [1.807, 2.05) is 7.11 Å². The van der Waals surface area contributed by atoms with Crippen molar-refractivity contribution in [3.63, 3.8) is 0 Å². The minimum atomic E-state index is 0.300. The topological polar surface area (TPSA) is 12.5 Å². The Hall–Kier alpha value is -0.0800. The third-order valence-electron chi connectivity index (χ3n) is 2.81. The lowest BCUT2D eigenvalue weighted by Gasteiger charge is -2.05. The fourth-order valence-electron chi connectivity index (χ4n) is 1.94. The number of fused-ring (bicyclic) bond motifs is 1. The van der Waals surface area contributed by atoms with Gasteiger partial charge in [-0.1, -0.05) is 0 Å². The molecule has 2 atom stereocenters. The maximum atomic E-state index is 5.40. The molecule has 1 saturated carbocycles. The van der Waals surface area contributed by atoms with Crippen molar-refractivity contribution in [1.29, 1.82) is 0 Å². The van der Waals surface area contributed by atoms with Crippen molar-refractivity contribution in [2.45, 2.75) is 24.5 Å². The Morgan fingerprint density at radius 2 is 2.44 bits per heavy atom. The summed E-state index contributed by atoms with van der Waals surface area (Å²) in [6.45, 7) is 1.22. The molecule has 1 aliphatic heterocycles. The number of piperidine rings is 1. The molecule has 0 N–H and O–H groups in total. The van der Waals surface area contributed by atoms with E-state index in [0.717, 1.165) is 6.04 Å². The maximum Gasteiger partial charge on any atom is 0.0862 e. The van der Waals surface area contributed by atoms with Gasteiger partial charge in [-0.3, -0.25) is 0 Å². The first kappa shape index (κ1) is 5.69. The first-order chi connectivity index (χ1) is 4.28. The Kier molecular flexibility index (Phi) is 0.945. The SMILES string of the molecule is COC12CCN(C)[C@H]1C2. The molecule has 2 heteroatoms. The second kappa shape index (κ2) is 1.50. The molecular formula is C7H13NO. The highest BCUT2D eigenvalue weighted by atomic mass is 16.5. The summed E-state index contributed by atoms with van der Waals surface area (Å²) < 4.78 is 5.40. The van der Waals surface area contributed by atoms with Crippen molar-refractivity contribution in [1.82, 2.24) is 4.90 Å². The largest absolute Gasteiger partial charge is 0.376 e. The van der Waals surface area contributed by atoms with E-state index in [4.69, 9.17) is 4.74 Å². The molecule has 1 heterocycles. The lowest BCUT2D eigenvalue weighted by atomic mass is 10.2. The summed E-state index contributed by atoms with van der Waals surface area (Å²) >= 11 is 0. The van der Waals surface area contributed by atoms with E-state index in [-0.39, 0.29) is 0 Å². The number of methoxy groups -OCH3 is 1. The molecule has 1 unspecified atom stereocenters. The first-order valence-corrected chi connectivity index (χ1v) is 3.54. The van der Waals surface area contributed by atoms with E-state index < -0.39 is 0 Å². The van der Waals surface area contributed by atoms with Gasteiger partial charge >= 0.3 is 0 Å². The molecule has 0 aromatic rings. The highest BCUT2D eigenvalue weighted by Gasteiger charge is 2.60. The van der Waals surface area contributed by atoms with E-state index in [0.29, 0.717) is 5.60 Å². The molecular weight excluding hydrogens is 114 g/mol. The molecule has 2 nitrogen and oxygen atoms in total. The number of hydrogen-bond acceptors (Lipinski definition) is 2. The zero-order valence-electron chi connectivity index (χ0n) is 6.05. The van der Waals surface area contributed by atoms with Crippen molar-refractivity contribution < 1.29 is 4.74 Å². The van der Waals surface area contributed by atoms with Crippen LogP contribution in [0.15, 0.2) is 0 Å². The van der Waals surface area contributed by atoms with Gasteiger partial charge in [0.2, 0.25) is 0 Å². The van der Waals surface area contributed by atoms with Gasteiger partial charge in [0.05, 0.1) is 5.60 Å². The summed E-state index contributed by atoms with van der Waals surface area (Å²) in [5.74, 6) is 0. The Morgan fingerprint density at radius 3 is 2.67 bits per heavy atom. The first-order valence-electron chi connectivity index (χ1n) is 3.54. The average molecular weight is 127 g/mol. The summed E-state index contributed by atoms with van der Waals surface area (Å²) in [5.41, 5.74) is 0.300. The zero-order chi connectivity index (χ0) is 6.48. The summed E-state index contributed by atoms with van der Waals surface area (Å²) in [6.07, 6.45) is 2.50. The fourth-order valence-corrected chi connectivity index (χ4v) is 1.94. The number of likely N-dealkylation sites (tertiary alicyclic amines) is 1. The Bertz CT molecular complexity index is 137. The Morgan fingerprint density at radius 1 is 1.67 bits per heavy atom. The van der Waals surface area contributed by atoms with Crippen molar-refractivity contribution in [2.24, 2.45) is 0 Å². The van der Waals surface area contributed by atoms with E-state index in [1.54, 1.807) is 0 Å². The third kappa shape index (κ3) is 0.578. The zero-order valence-corrected chi connectivity index (χ0v) is 6.05. The predicted octanol–water partition coefficient (Wildman–Crippen LogP) is 0.479. The highest BCUT2D eigenvalue weighted by Crippen LogP contribution is 2.50. The second-order valence-electron chi connectivity index (χ2n) is 3.22. The minimum absolute atomic E-state index is 0.300. The van der Waals surface area contributed by atoms with Crippen LogP contribution >= 0.6 is 0 Å². The van der Waals surface area contributed by atoms with Crippen LogP contribution in [0.25, 0.3) is 0 Å². The van der Waals surface area contributed by atoms with E-state index in [9.17, 15) is 0 Å². The summed E-state index contributed by atoms with van der Waals surface area (Å²) in [7, 11) is 4.01. The van der Waals surface area contributed by atoms with Gasteiger partial charge in [0.25, 0.3) is 0 Å². The van der Waals surface area contributed by atoms with Crippen LogP contribution < -0.4 is 0 Å². The molecule has 9 heavy (non-hydrogen) atoms. The molecule has 0 bridgehead atoms. The van der Waals surface area contributed by atoms with Gasteiger partial charge in [-0.05, 0) is 19.9 Å². The minimum Gasteiger partial charge on any atom is -0.376 e. The fraction of sp³-hybridized carbons (Fsp3) is 1.00. The van der Waals surface area contributed by atoms with Crippen molar-refractivity contribution in [3.8, 4) is 0 Å². The molecule has 0 spiro atoms. The van der Waals surface area contributed by atoms with Crippen molar-refractivity contribution in [2.75, 3.05) is 20.7 Å². The standard InChI is InChI=1S/C7H13NO/c1-8-4-3-7(9-2)5-6(7)8/h6H,3-5H2,1-2H3/t6-,7?/m0/s1. The molecule has 1 saturated heterocycles. The van der Waals surface area contributed by atoms with Crippen LogP contribution in [0, 0.1) is 0 Å². The highest BCUT2D eigenvalue weighted by molar-refractivity contribution is 5.15. The molecule has 2 aliphatic rings. The molecule has 0 amide bonds. The lowest BCUT2D eigenvalue weighted by molar-refractivity contribution is 0.0804. The van der Waals surface area contributed by atoms with Gasteiger partial charge in [0, 0.05) is 19.7 Å². The summed E-state index contributed by atoms with van der Waals surface area (Å²) in [5, 5.41) is 0. The van der Waals surface area contributed by atoms with E-state index >= 15 is 0 Å². The number of nitrogens with zero attached hydrogens (tertiary/aromatic N) is 1. The molecule has 2 rings (SSSR count). The number of ether oxygens (including phenoxy) is 1. The van der Waals surface area contributed by atoms with Gasteiger partial charge in [-0.15, -0.1) is 0 Å². The second-order valence-corrected chi connectivity index (χ2v) is 3.22.